The second-order valence-corrected chi connectivity index (χ2v) is 13.6. The van der Waals surface area contributed by atoms with E-state index in [2.05, 4.69) is 143 Å². The zero-order chi connectivity index (χ0) is 33.0. The first-order valence-electron chi connectivity index (χ1n) is 16.7. The molecule has 0 aliphatic heterocycles. The maximum atomic E-state index is 5.25. The summed E-state index contributed by atoms with van der Waals surface area (Å²) in [7, 11) is 0. The molecule has 0 unspecified atom stereocenters. The van der Waals surface area contributed by atoms with Gasteiger partial charge in [-0.1, -0.05) is 97.1 Å². The molecule has 6 aromatic carbocycles. The van der Waals surface area contributed by atoms with Gasteiger partial charge < -0.3 is 4.57 Å². The molecule has 0 atom stereocenters. The zero-order valence-electron chi connectivity index (χ0n) is 26.9. The summed E-state index contributed by atoms with van der Waals surface area (Å²) in [6, 6.07) is 55.8. The van der Waals surface area contributed by atoms with Crippen LogP contribution in [0, 0.1) is 0 Å². The molecule has 0 N–H and O–H groups in total. The number of para-hydroxylation sites is 2. The van der Waals surface area contributed by atoms with Gasteiger partial charge in [-0.2, -0.15) is 0 Å². The van der Waals surface area contributed by atoms with Gasteiger partial charge in [-0.05, 0) is 66.2 Å². The predicted octanol–water partition coefficient (Wildman–Crippen LogP) is 12.0. The van der Waals surface area contributed by atoms with Gasteiger partial charge in [0.05, 0.1) is 22.4 Å². The SMILES string of the molecule is c1ccc(-c2nc(-c3cc(-c4cccnc4)cc(-n4c5ccccc5c5ccccc54)c3)cc(-c3ccc4sc5ccccc5c4c3)n2)cc1. The number of nitrogens with zero attached hydrogens (tertiary/aromatic N) is 4. The molecule has 4 heterocycles. The summed E-state index contributed by atoms with van der Waals surface area (Å²) >= 11 is 1.83. The van der Waals surface area contributed by atoms with Crippen LogP contribution in [0.5, 0.6) is 0 Å². The van der Waals surface area contributed by atoms with Crippen molar-refractivity contribution in [1.82, 2.24) is 19.5 Å². The Labute approximate surface area is 292 Å². The van der Waals surface area contributed by atoms with E-state index >= 15 is 0 Å². The minimum atomic E-state index is 0.693. The molecule has 0 bridgehead atoms. The molecule has 0 aliphatic carbocycles. The summed E-state index contributed by atoms with van der Waals surface area (Å²) in [6.07, 6.45) is 3.74. The average molecular weight is 657 g/mol. The Balaban J connectivity index is 1.23. The number of hydrogen-bond donors (Lipinski definition) is 0. The molecule has 10 aromatic rings. The van der Waals surface area contributed by atoms with E-state index in [1.165, 1.54) is 30.9 Å². The van der Waals surface area contributed by atoms with Gasteiger partial charge in [0.25, 0.3) is 0 Å². The molecule has 4 nitrogen and oxygen atoms in total. The van der Waals surface area contributed by atoms with E-state index < -0.39 is 0 Å². The Bertz CT molecular complexity index is 2820. The molecule has 0 saturated heterocycles. The third-order valence-electron chi connectivity index (χ3n) is 9.48. The number of fused-ring (bicyclic) bond motifs is 6. The van der Waals surface area contributed by atoms with Gasteiger partial charge in [0.2, 0.25) is 0 Å². The van der Waals surface area contributed by atoms with Crippen molar-refractivity contribution in [3.8, 4) is 50.7 Å². The molecule has 234 valence electrons. The zero-order valence-corrected chi connectivity index (χ0v) is 27.7. The lowest BCUT2D eigenvalue weighted by atomic mass is 9.99. The van der Waals surface area contributed by atoms with Crippen LogP contribution in [-0.4, -0.2) is 19.5 Å². The van der Waals surface area contributed by atoms with Crippen LogP contribution in [0.4, 0.5) is 0 Å². The van der Waals surface area contributed by atoms with Crippen LogP contribution in [0.15, 0.2) is 170 Å². The maximum absolute atomic E-state index is 5.25. The van der Waals surface area contributed by atoms with Gasteiger partial charge in [-0.15, -0.1) is 11.3 Å². The normalized spacial score (nSPS) is 11.6. The average Bonchev–Trinajstić information content (AvgIpc) is 3.74. The number of pyridine rings is 1. The van der Waals surface area contributed by atoms with E-state index in [1.54, 1.807) is 0 Å². The highest BCUT2D eigenvalue weighted by atomic mass is 32.1. The first kappa shape index (κ1) is 28.6. The van der Waals surface area contributed by atoms with Gasteiger partial charge >= 0.3 is 0 Å². The van der Waals surface area contributed by atoms with Crippen molar-refractivity contribution in [3.63, 3.8) is 0 Å². The summed E-state index contributed by atoms with van der Waals surface area (Å²) in [5.74, 6) is 0.693. The highest BCUT2D eigenvalue weighted by Crippen LogP contribution is 2.39. The molecule has 0 fully saturated rings. The van der Waals surface area contributed by atoms with Gasteiger partial charge in [-0.3, -0.25) is 4.98 Å². The molecule has 0 amide bonds. The van der Waals surface area contributed by atoms with Crippen LogP contribution in [0.1, 0.15) is 0 Å². The number of rotatable bonds is 5. The largest absolute Gasteiger partial charge is 0.309 e. The molecular formula is C45H28N4S. The van der Waals surface area contributed by atoms with Crippen molar-refractivity contribution in [2.24, 2.45) is 0 Å². The molecule has 5 heteroatoms. The van der Waals surface area contributed by atoms with Crippen molar-refractivity contribution >= 4 is 53.3 Å². The minimum Gasteiger partial charge on any atom is -0.309 e. The van der Waals surface area contributed by atoms with Crippen molar-refractivity contribution < 1.29 is 0 Å². The third-order valence-corrected chi connectivity index (χ3v) is 10.6. The molecule has 0 spiro atoms. The van der Waals surface area contributed by atoms with Crippen LogP contribution in [-0.2, 0) is 0 Å². The number of aromatic nitrogens is 4. The van der Waals surface area contributed by atoms with E-state index in [0.29, 0.717) is 5.82 Å². The summed E-state index contributed by atoms with van der Waals surface area (Å²) < 4.78 is 4.93. The number of benzene rings is 6. The van der Waals surface area contributed by atoms with Crippen molar-refractivity contribution in [3.05, 3.63) is 170 Å². The Morgan fingerprint density at radius 3 is 1.82 bits per heavy atom. The second-order valence-electron chi connectivity index (χ2n) is 12.5. The van der Waals surface area contributed by atoms with E-state index in [-0.39, 0.29) is 0 Å². The van der Waals surface area contributed by atoms with E-state index in [4.69, 9.17) is 9.97 Å². The third kappa shape index (κ3) is 4.79. The fourth-order valence-electron chi connectivity index (χ4n) is 7.13. The van der Waals surface area contributed by atoms with E-state index in [9.17, 15) is 0 Å². The van der Waals surface area contributed by atoms with Gasteiger partial charge in [0, 0.05) is 71.3 Å². The van der Waals surface area contributed by atoms with Crippen LogP contribution < -0.4 is 0 Å². The standard InChI is InChI=1S/C45H28N4S/c1-2-11-29(12-3-1)45-47-39(30-20-21-44-38(26-30)37-16-6-9-19-43(37)50-44)27-40(48-45)33-23-32(31-13-10-22-46-28-31)24-34(25-33)49-41-17-7-4-14-35(41)36-15-5-8-18-42(36)49/h1-28H. The fourth-order valence-corrected chi connectivity index (χ4v) is 8.22. The second kappa shape index (κ2) is 11.6. The molecule has 10 rings (SSSR count). The van der Waals surface area contributed by atoms with Gasteiger partial charge in [0.1, 0.15) is 0 Å². The first-order chi connectivity index (χ1) is 24.8. The minimum absolute atomic E-state index is 0.693. The van der Waals surface area contributed by atoms with Crippen molar-refractivity contribution in [1.29, 1.82) is 0 Å². The van der Waals surface area contributed by atoms with Crippen LogP contribution in [0.25, 0.3) is 92.7 Å². The highest BCUT2D eigenvalue weighted by Gasteiger charge is 2.17. The van der Waals surface area contributed by atoms with E-state index in [0.717, 1.165) is 55.9 Å². The lowest BCUT2D eigenvalue weighted by Gasteiger charge is -2.15. The van der Waals surface area contributed by atoms with Crippen molar-refractivity contribution in [2.75, 3.05) is 0 Å². The molecule has 0 radical (unpaired) electrons. The number of thiophene rings is 1. The summed E-state index contributed by atoms with van der Waals surface area (Å²) in [5.41, 5.74) is 10.3. The smallest absolute Gasteiger partial charge is 0.160 e. The predicted molar refractivity (Wildman–Crippen MR) is 209 cm³/mol. The topological polar surface area (TPSA) is 43.6 Å². The molecule has 4 aromatic heterocycles. The lowest BCUT2D eigenvalue weighted by Crippen LogP contribution is -1.99. The Hall–Kier alpha value is -6.43. The Morgan fingerprint density at radius 2 is 1.06 bits per heavy atom. The summed E-state index contributed by atoms with van der Waals surface area (Å²) in [4.78, 5) is 14.9. The van der Waals surface area contributed by atoms with E-state index in [1.807, 2.05) is 48.0 Å². The van der Waals surface area contributed by atoms with Gasteiger partial charge in [0.15, 0.2) is 5.82 Å². The van der Waals surface area contributed by atoms with Crippen LogP contribution in [0.3, 0.4) is 0 Å². The molecular weight excluding hydrogens is 629 g/mol. The first-order valence-corrected chi connectivity index (χ1v) is 17.5. The Morgan fingerprint density at radius 1 is 0.420 bits per heavy atom. The lowest BCUT2D eigenvalue weighted by molar-refractivity contribution is 1.16. The van der Waals surface area contributed by atoms with Crippen LogP contribution >= 0.6 is 11.3 Å². The number of hydrogen-bond acceptors (Lipinski definition) is 4. The van der Waals surface area contributed by atoms with Crippen LogP contribution in [0.2, 0.25) is 0 Å². The quantitative estimate of drug-likeness (QED) is 0.185. The summed E-state index contributed by atoms with van der Waals surface area (Å²) in [5, 5.41) is 4.97. The summed E-state index contributed by atoms with van der Waals surface area (Å²) in [6.45, 7) is 0. The monoisotopic (exact) mass is 656 g/mol. The maximum Gasteiger partial charge on any atom is 0.160 e. The van der Waals surface area contributed by atoms with Crippen molar-refractivity contribution in [2.45, 2.75) is 0 Å². The highest BCUT2D eigenvalue weighted by molar-refractivity contribution is 7.25. The Kier molecular flexibility index (Phi) is 6.64. The molecule has 0 saturated carbocycles. The fraction of sp³-hybridized carbons (Fsp3) is 0. The molecule has 0 aliphatic rings. The molecule has 50 heavy (non-hydrogen) atoms. The van der Waals surface area contributed by atoms with Gasteiger partial charge in [-0.25, -0.2) is 9.97 Å².